The number of nitro groups is 1. The molecular formula is C22H18N2O7S. The molecule has 0 amide bonds. The summed E-state index contributed by atoms with van der Waals surface area (Å²) in [6.07, 6.45) is 0. The quantitative estimate of drug-likeness (QED) is 0.227. The van der Waals surface area contributed by atoms with E-state index in [4.69, 9.17) is 4.74 Å². The zero-order chi connectivity index (χ0) is 23.1. The first-order valence-electron chi connectivity index (χ1n) is 9.34. The third kappa shape index (κ3) is 5.62. The molecule has 0 aliphatic rings. The fraction of sp³-hybridized carbons (Fsp3) is 0.0909. The van der Waals surface area contributed by atoms with Gasteiger partial charge in [0, 0.05) is 17.7 Å². The highest BCUT2D eigenvalue weighted by Gasteiger charge is 2.29. The van der Waals surface area contributed by atoms with Crippen LogP contribution in [0.25, 0.3) is 0 Å². The van der Waals surface area contributed by atoms with Gasteiger partial charge in [-0.2, -0.15) is 4.72 Å². The van der Waals surface area contributed by atoms with Gasteiger partial charge in [-0.15, -0.1) is 0 Å². The minimum absolute atomic E-state index is 0.266. The highest BCUT2D eigenvalue weighted by molar-refractivity contribution is 7.89. The van der Waals surface area contributed by atoms with Gasteiger partial charge in [0.15, 0.2) is 12.4 Å². The van der Waals surface area contributed by atoms with Gasteiger partial charge in [-0.05, 0) is 17.7 Å². The number of ether oxygens (including phenoxy) is 1. The number of rotatable bonds is 9. The highest BCUT2D eigenvalue weighted by atomic mass is 32.2. The molecule has 32 heavy (non-hydrogen) atoms. The second-order valence-electron chi connectivity index (χ2n) is 6.61. The molecule has 9 nitrogen and oxygen atoms in total. The van der Waals surface area contributed by atoms with Gasteiger partial charge in [0.05, 0.1) is 9.82 Å². The van der Waals surface area contributed by atoms with Crippen LogP contribution >= 0.6 is 0 Å². The van der Waals surface area contributed by atoms with Crippen LogP contribution in [0.5, 0.6) is 0 Å². The number of ketones is 1. The van der Waals surface area contributed by atoms with Crippen LogP contribution in [0.4, 0.5) is 5.69 Å². The summed E-state index contributed by atoms with van der Waals surface area (Å²) in [5.74, 6) is -1.41. The number of hydrogen-bond donors (Lipinski definition) is 1. The highest BCUT2D eigenvalue weighted by Crippen LogP contribution is 2.21. The van der Waals surface area contributed by atoms with Gasteiger partial charge in [0.2, 0.25) is 10.0 Å². The minimum atomic E-state index is -4.24. The van der Waals surface area contributed by atoms with E-state index in [1.807, 2.05) is 0 Å². The van der Waals surface area contributed by atoms with E-state index in [9.17, 15) is 28.1 Å². The van der Waals surface area contributed by atoms with Crippen molar-refractivity contribution < 1.29 is 27.7 Å². The van der Waals surface area contributed by atoms with Crippen molar-refractivity contribution in [3.05, 3.63) is 106 Å². The lowest BCUT2D eigenvalue weighted by Crippen LogP contribution is -2.35. The van der Waals surface area contributed by atoms with Crippen LogP contribution < -0.4 is 4.72 Å². The standard InChI is InChI=1S/C22H18N2O7S/c25-20(16-7-3-1-4-8-16)15-31-22(26)21(17-9-5-2-6-10-17)23-32(29,30)19-13-11-18(12-14-19)24(27)28/h1-14,21,23H,15H2. The number of nitrogens with one attached hydrogen (secondary N) is 1. The Morgan fingerprint density at radius 3 is 2.03 bits per heavy atom. The lowest BCUT2D eigenvalue weighted by molar-refractivity contribution is -0.384. The zero-order valence-corrected chi connectivity index (χ0v) is 17.4. The van der Waals surface area contributed by atoms with Crippen molar-refractivity contribution in [2.45, 2.75) is 10.9 Å². The number of carbonyl (C=O) groups is 2. The van der Waals surface area contributed by atoms with Crippen LogP contribution in [0.3, 0.4) is 0 Å². The number of non-ortho nitro benzene ring substituents is 1. The Morgan fingerprint density at radius 1 is 0.906 bits per heavy atom. The summed E-state index contributed by atoms with van der Waals surface area (Å²) in [6.45, 7) is -0.564. The maximum Gasteiger partial charge on any atom is 0.329 e. The Balaban J connectivity index is 1.80. The zero-order valence-electron chi connectivity index (χ0n) is 16.6. The van der Waals surface area contributed by atoms with Crippen molar-refractivity contribution in [3.8, 4) is 0 Å². The molecular weight excluding hydrogens is 436 g/mol. The largest absolute Gasteiger partial charge is 0.456 e. The van der Waals surface area contributed by atoms with Gasteiger partial charge in [-0.3, -0.25) is 14.9 Å². The third-order valence-electron chi connectivity index (χ3n) is 4.44. The molecule has 164 valence electrons. The molecule has 0 saturated heterocycles. The molecule has 0 heterocycles. The molecule has 0 fully saturated rings. The first kappa shape index (κ1) is 22.8. The van der Waals surface area contributed by atoms with Crippen molar-refractivity contribution in [2.24, 2.45) is 0 Å². The summed E-state index contributed by atoms with van der Waals surface area (Å²) in [7, 11) is -4.24. The van der Waals surface area contributed by atoms with Gasteiger partial charge < -0.3 is 4.74 Å². The molecule has 1 N–H and O–H groups in total. The van der Waals surface area contributed by atoms with Crippen molar-refractivity contribution in [1.82, 2.24) is 4.72 Å². The van der Waals surface area contributed by atoms with Gasteiger partial charge in [-0.25, -0.2) is 13.2 Å². The lowest BCUT2D eigenvalue weighted by atomic mass is 10.1. The van der Waals surface area contributed by atoms with Crippen LogP contribution in [0.1, 0.15) is 22.0 Å². The molecule has 0 aliphatic carbocycles. The molecule has 0 aliphatic heterocycles. The predicted molar refractivity (Wildman–Crippen MR) is 114 cm³/mol. The average molecular weight is 454 g/mol. The summed E-state index contributed by atoms with van der Waals surface area (Å²) in [4.78, 5) is 34.8. The predicted octanol–water partition coefficient (Wildman–Crippen LogP) is 3.04. The van der Waals surface area contributed by atoms with Gasteiger partial charge in [0.1, 0.15) is 6.04 Å². The van der Waals surface area contributed by atoms with Crippen molar-refractivity contribution in [3.63, 3.8) is 0 Å². The van der Waals surface area contributed by atoms with Crippen LogP contribution in [0, 0.1) is 10.1 Å². The summed E-state index contributed by atoms with van der Waals surface area (Å²) in [5, 5.41) is 10.8. The van der Waals surface area contributed by atoms with E-state index >= 15 is 0 Å². The van der Waals surface area contributed by atoms with E-state index in [0.717, 1.165) is 24.3 Å². The third-order valence-corrected chi connectivity index (χ3v) is 5.88. The molecule has 0 aromatic heterocycles. The maximum atomic E-state index is 12.8. The molecule has 3 rings (SSSR count). The number of esters is 1. The van der Waals surface area contributed by atoms with Crippen LogP contribution in [0.15, 0.2) is 89.8 Å². The molecule has 0 bridgehead atoms. The second kappa shape index (κ2) is 9.94. The Labute approximate surface area is 183 Å². The average Bonchev–Trinajstić information content (AvgIpc) is 2.82. The molecule has 0 spiro atoms. The second-order valence-corrected chi connectivity index (χ2v) is 8.33. The smallest absolute Gasteiger partial charge is 0.329 e. The van der Waals surface area contributed by atoms with Gasteiger partial charge >= 0.3 is 5.97 Å². The Hall–Kier alpha value is -3.89. The number of nitrogens with zero attached hydrogens (tertiary/aromatic N) is 1. The fourth-order valence-corrected chi connectivity index (χ4v) is 3.97. The molecule has 0 radical (unpaired) electrons. The Bertz CT molecular complexity index is 1210. The van der Waals surface area contributed by atoms with Gasteiger partial charge in [-0.1, -0.05) is 60.7 Å². The number of benzene rings is 3. The van der Waals surface area contributed by atoms with Crippen molar-refractivity contribution in [1.29, 1.82) is 0 Å². The molecule has 10 heteroatoms. The number of carbonyl (C=O) groups excluding carboxylic acids is 2. The fourth-order valence-electron chi connectivity index (χ4n) is 2.80. The lowest BCUT2D eigenvalue weighted by Gasteiger charge is -2.18. The number of nitro benzene ring substituents is 1. The number of hydrogen-bond acceptors (Lipinski definition) is 7. The molecule has 1 unspecified atom stereocenters. The first-order valence-corrected chi connectivity index (χ1v) is 10.8. The summed E-state index contributed by atoms with van der Waals surface area (Å²) >= 11 is 0. The van der Waals surface area contributed by atoms with Crippen LogP contribution in [-0.4, -0.2) is 31.7 Å². The monoisotopic (exact) mass is 454 g/mol. The molecule has 3 aromatic rings. The topological polar surface area (TPSA) is 133 Å². The SMILES string of the molecule is O=C(COC(=O)C(NS(=O)(=O)c1ccc([N+](=O)[O-])cc1)c1ccccc1)c1ccccc1. The first-order chi connectivity index (χ1) is 15.3. The molecule has 1 atom stereocenters. The Morgan fingerprint density at radius 2 is 1.47 bits per heavy atom. The van der Waals surface area contributed by atoms with E-state index in [2.05, 4.69) is 4.72 Å². The van der Waals surface area contributed by atoms with Crippen molar-refractivity contribution in [2.75, 3.05) is 6.61 Å². The van der Waals surface area contributed by atoms with E-state index in [1.165, 1.54) is 12.1 Å². The Kier molecular flexibility index (Phi) is 7.08. The number of sulfonamides is 1. The normalized spacial score (nSPS) is 12.0. The summed E-state index contributed by atoms with van der Waals surface area (Å²) in [6, 6.07) is 19.0. The van der Waals surface area contributed by atoms with Crippen LogP contribution in [0.2, 0.25) is 0 Å². The van der Waals surface area contributed by atoms with E-state index < -0.39 is 39.3 Å². The van der Waals surface area contributed by atoms with E-state index in [0.29, 0.717) is 11.1 Å². The molecule has 0 saturated carbocycles. The van der Waals surface area contributed by atoms with Crippen LogP contribution in [-0.2, 0) is 19.6 Å². The van der Waals surface area contributed by atoms with E-state index in [1.54, 1.807) is 48.5 Å². The van der Waals surface area contributed by atoms with Gasteiger partial charge in [0.25, 0.3) is 5.69 Å². The number of Topliss-reactive ketones (excluding diaryl/α,β-unsaturated/α-hetero) is 1. The minimum Gasteiger partial charge on any atom is -0.456 e. The summed E-state index contributed by atoms with van der Waals surface area (Å²) in [5.41, 5.74) is 0.376. The van der Waals surface area contributed by atoms with E-state index in [-0.39, 0.29) is 10.6 Å². The van der Waals surface area contributed by atoms with Crippen molar-refractivity contribution >= 4 is 27.5 Å². The summed E-state index contributed by atoms with van der Waals surface area (Å²) < 4.78 is 33.0. The maximum absolute atomic E-state index is 12.8. The molecule has 3 aromatic carbocycles.